The number of nitrogens with two attached hydrogens (primary N) is 1. The van der Waals surface area contributed by atoms with Crippen molar-refractivity contribution in [2.45, 2.75) is 24.3 Å². The highest BCUT2D eigenvalue weighted by Gasteiger charge is 2.26. The molecule has 1 aromatic carbocycles. The smallest absolute Gasteiger partial charge is 0.243 e. The van der Waals surface area contributed by atoms with Crippen molar-refractivity contribution in [1.82, 2.24) is 4.31 Å². The second-order valence-corrected chi connectivity index (χ2v) is 7.50. The van der Waals surface area contributed by atoms with Gasteiger partial charge in [0.15, 0.2) is 0 Å². The number of hydrogen-bond donors (Lipinski definition) is 2. The van der Waals surface area contributed by atoms with E-state index in [4.69, 9.17) is 22.5 Å². The maximum absolute atomic E-state index is 12.4. The predicted molar refractivity (Wildman–Crippen MR) is 81.6 cm³/mol. The highest BCUT2D eigenvalue weighted by atomic mass is 79.9. The first-order valence-corrected chi connectivity index (χ1v) is 8.20. The van der Waals surface area contributed by atoms with E-state index in [2.05, 4.69) is 21.1 Å². The summed E-state index contributed by atoms with van der Waals surface area (Å²) in [4.78, 5) is 0.114. The minimum atomic E-state index is -3.68. The van der Waals surface area contributed by atoms with E-state index in [1.54, 1.807) is 6.92 Å². The van der Waals surface area contributed by atoms with Crippen LogP contribution in [0.4, 0.5) is 0 Å². The number of benzene rings is 1. The van der Waals surface area contributed by atoms with Crippen molar-refractivity contribution in [2.24, 2.45) is 10.9 Å². The molecular weight excluding hydrogens is 370 g/mol. The molecule has 0 spiro atoms. The topological polar surface area (TPSA) is 96.0 Å². The monoisotopic (exact) mass is 383 g/mol. The molecule has 3 N–H and O–H groups in total. The number of oxime groups is 1. The van der Waals surface area contributed by atoms with E-state index in [0.717, 1.165) is 0 Å². The molecular formula is C11H15BrClN3O3S. The molecule has 0 fully saturated rings. The van der Waals surface area contributed by atoms with Crippen LogP contribution >= 0.6 is 27.5 Å². The molecule has 0 bridgehead atoms. The zero-order chi connectivity index (χ0) is 15.5. The van der Waals surface area contributed by atoms with Gasteiger partial charge in [0.1, 0.15) is 5.84 Å². The lowest BCUT2D eigenvalue weighted by molar-refractivity contribution is 0.313. The van der Waals surface area contributed by atoms with Crippen LogP contribution in [-0.2, 0) is 10.0 Å². The zero-order valence-corrected chi connectivity index (χ0v) is 14.1. The quantitative estimate of drug-likeness (QED) is 0.352. The number of amidine groups is 1. The van der Waals surface area contributed by atoms with Crippen LogP contribution in [0.2, 0.25) is 5.02 Å². The summed E-state index contributed by atoms with van der Waals surface area (Å²) in [6.07, 6.45) is 0.126. The number of nitrogens with zero attached hydrogens (tertiary/aromatic N) is 2. The molecule has 20 heavy (non-hydrogen) atoms. The average molecular weight is 385 g/mol. The minimum absolute atomic E-state index is 0.0307. The first-order chi connectivity index (χ1) is 9.20. The molecule has 1 atom stereocenters. The fraction of sp³-hybridized carbons (Fsp3) is 0.364. The summed E-state index contributed by atoms with van der Waals surface area (Å²) in [6.45, 7) is 1.67. The lowest BCUT2D eigenvalue weighted by Crippen LogP contribution is -2.37. The standard InChI is InChI=1S/C11H15BrClN3O3S/c1-7(5-11(14)15-17)16(2)20(18,19)8-3-4-10(13)9(12)6-8/h3-4,6-7,17H,5H2,1-2H3,(H2,14,15). The second-order valence-electron chi connectivity index (χ2n) is 4.24. The lowest BCUT2D eigenvalue weighted by atomic mass is 10.2. The van der Waals surface area contributed by atoms with Gasteiger partial charge in [-0.3, -0.25) is 0 Å². The van der Waals surface area contributed by atoms with Gasteiger partial charge in [0.2, 0.25) is 10.0 Å². The average Bonchev–Trinajstić information content (AvgIpc) is 2.40. The van der Waals surface area contributed by atoms with Gasteiger partial charge in [-0.05, 0) is 41.1 Å². The van der Waals surface area contributed by atoms with Crippen LogP contribution in [0, 0.1) is 0 Å². The van der Waals surface area contributed by atoms with Crippen molar-refractivity contribution in [2.75, 3.05) is 7.05 Å². The Morgan fingerprint density at radius 1 is 1.60 bits per heavy atom. The Morgan fingerprint density at radius 2 is 2.20 bits per heavy atom. The summed E-state index contributed by atoms with van der Waals surface area (Å²) in [5.74, 6) is -0.0307. The molecule has 0 saturated heterocycles. The van der Waals surface area contributed by atoms with Crippen molar-refractivity contribution in [3.05, 3.63) is 27.7 Å². The van der Waals surface area contributed by atoms with E-state index in [0.29, 0.717) is 9.50 Å². The first-order valence-electron chi connectivity index (χ1n) is 5.59. The van der Waals surface area contributed by atoms with Crippen LogP contribution in [0.15, 0.2) is 32.7 Å². The molecule has 9 heteroatoms. The third kappa shape index (κ3) is 3.85. The fourth-order valence-corrected chi connectivity index (χ4v) is 3.55. The van der Waals surface area contributed by atoms with Crippen LogP contribution < -0.4 is 5.73 Å². The highest BCUT2D eigenvalue weighted by molar-refractivity contribution is 9.10. The van der Waals surface area contributed by atoms with E-state index in [9.17, 15) is 8.42 Å². The lowest BCUT2D eigenvalue weighted by Gasteiger charge is -2.24. The number of halogens is 2. The minimum Gasteiger partial charge on any atom is -0.409 e. The van der Waals surface area contributed by atoms with Gasteiger partial charge in [-0.1, -0.05) is 16.8 Å². The molecule has 0 aliphatic carbocycles. The molecule has 0 aliphatic heterocycles. The Labute approximate surface area is 131 Å². The Bertz CT molecular complexity index is 621. The summed E-state index contributed by atoms with van der Waals surface area (Å²) < 4.78 is 26.5. The van der Waals surface area contributed by atoms with Crippen molar-refractivity contribution in [1.29, 1.82) is 0 Å². The van der Waals surface area contributed by atoms with Gasteiger partial charge in [0.25, 0.3) is 0 Å². The molecule has 112 valence electrons. The molecule has 0 heterocycles. The molecule has 0 amide bonds. The predicted octanol–water partition coefficient (Wildman–Crippen LogP) is 2.25. The largest absolute Gasteiger partial charge is 0.409 e. The maximum Gasteiger partial charge on any atom is 0.243 e. The van der Waals surface area contributed by atoms with Gasteiger partial charge in [-0.25, -0.2) is 8.42 Å². The van der Waals surface area contributed by atoms with Gasteiger partial charge in [-0.2, -0.15) is 4.31 Å². The summed E-state index contributed by atoms with van der Waals surface area (Å²) in [5.41, 5.74) is 5.39. The Balaban J connectivity index is 3.06. The van der Waals surface area contributed by atoms with Crippen molar-refractivity contribution in [3.8, 4) is 0 Å². The molecule has 0 saturated carbocycles. The second kappa shape index (κ2) is 6.75. The molecule has 1 rings (SSSR count). The summed E-state index contributed by atoms with van der Waals surface area (Å²) in [6, 6.07) is 3.91. The molecule has 0 radical (unpaired) electrons. The Hall–Kier alpha value is -0.830. The molecule has 1 aromatic rings. The first kappa shape index (κ1) is 17.2. The Morgan fingerprint density at radius 3 is 2.70 bits per heavy atom. The van der Waals surface area contributed by atoms with Gasteiger partial charge in [0, 0.05) is 24.0 Å². The van der Waals surface area contributed by atoms with Crippen molar-refractivity contribution >= 4 is 43.4 Å². The summed E-state index contributed by atoms with van der Waals surface area (Å²) in [5, 5.41) is 11.8. The number of hydrogen-bond acceptors (Lipinski definition) is 4. The number of rotatable bonds is 5. The molecule has 6 nitrogen and oxygen atoms in total. The van der Waals surface area contributed by atoms with Crippen LogP contribution in [0.1, 0.15) is 13.3 Å². The normalized spacial score (nSPS) is 14.6. The van der Waals surface area contributed by atoms with Gasteiger partial charge >= 0.3 is 0 Å². The SMILES string of the molecule is CC(C/C(N)=N/O)N(C)S(=O)(=O)c1ccc(Cl)c(Br)c1. The van der Waals surface area contributed by atoms with Gasteiger partial charge < -0.3 is 10.9 Å². The fourth-order valence-electron chi connectivity index (χ4n) is 1.51. The van der Waals surface area contributed by atoms with Crippen LogP contribution in [-0.4, -0.2) is 36.9 Å². The Kier molecular flexibility index (Phi) is 5.81. The van der Waals surface area contributed by atoms with Crippen molar-refractivity contribution in [3.63, 3.8) is 0 Å². The third-order valence-electron chi connectivity index (χ3n) is 2.82. The van der Waals surface area contributed by atoms with Crippen LogP contribution in [0.25, 0.3) is 0 Å². The van der Waals surface area contributed by atoms with Crippen LogP contribution in [0.3, 0.4) is 0 Å². The highest BCUT2D eigenvalue weighted by Crippen LogP contribution is 2.27. The molecule has 0 aliphatic rings. The zero-order valence-electron chi connectivity index (χ0n) is 10.9. The summed E-state index contributed by atoms with van der Waals surface area (Å²) >= 11 is 9.03. The van der Waals surface area contributed by atoms with E-state index >= 15 is 0 Å². The van der Waals surface area contributed by atoms with Gasteiger partial charge in [-0.15, -0.1) is 0 Å². The molecule has 1 unspecified atom stereocenters. The van der Waals surface area contributed by atoms with Gasteiger partial charge in [0.05, 0.1) is 9.92 Å². The van der Waals surface area contributed by atoms with E-state index in [1.165, 1.54) is 29.6 Å². The third-order valence-corrected chi connectivity index (χ3v) is 6.00. The summed E-state index contributed by atoms with van der Waals surface area (Å²) in [7, 11) is -2.24. The van der Waals surface area contributed by atoms with E-state index in [-0.39, 0.29) is 17.2 Å². The van der Waals surface area contributed by atoms with E-state index in [1.807, 2.05) is 0 Å². The maximum atomic E-state index is 12.4. The van der Waals surface area contributed by atoms with Crippen LogP contribution in [0.5, 0.6) is 0 Å². The van der Waals surface area contributed by atoms with E-state index < -0.39 is 16.1 Å². The molecule has 0 aromatic heterocycles. The number of sulfonamides is 1. The van der Waals surface area contributed by atoms with Crippen molar-refractivity contribution < 1.29 is 13.6 Å².